The average molecular weight is 248 g/mol. The van der Waals surface area contributed by atoms with E-state index in [4.69, 9.17) is 5.73 Å². The number of allylic oxidation sites excluding steroid dienone is 2. The van der Waals surface area contributed by atoms with Crippen molar-refractivity contribution in [3.8, 4) is 0 Å². The second-order valence-corrected chi connectivity index (χ2v) is 4.90. The SMILES string of the molecule is C=C(N)/C=C\C(=C/C)[C@H](C)NC1CCC(=O)CC1. The topological polar surface area (TPSA) is 55.1 Å². The number of carbonyl (C=O) groups is 1. The van der Waals surface area contributed by atoms with Crippen LogP contribution in [-0.4, -0.2) is 17.9 Å². The lowest BCUT2D eigenvalue weighted by atomic mass is 9.93. The first-order chi connectivity index (χ1) is 8.52. The summed E-state index contributed by atoms with van der Waals surface area (Å²) in [4.78, 5) is 11.2. The highest BCUT2D eigenvalue weighted by molar-refractivity contribution is 5.79. The van der Waals surface area contributed by atoms with Gasteiger partial charge in [0, 0.05) is 30.6 Å². The molecular formula is C15H24N2O. The van der Waals surface area contributed by atoms with Gasteiger partial charge in [-0.3, -0.25) is 4.79 Å². The summed E-state index contributed by atoms with van der Waals surface area (Å²) in [7, 11) is 0. The van der Waals surface area contributed by atoms with Crippen LogP contribution >= 0.6 is 0 Å². The first-order valence-electron chi connectivity index (χ1n) is 6.59. The van der Waals surface area contributed by atoms with Crippen molar-refractivity contribution in [1.29, 1.82) is 0 Å². The molecule has 1 fully saturated rings. The number of nitrogens with two attached hydrogens (primary N) is 1. The third kappa shape index (κ3) is 4.88. The van der Waals surface area contributed by atoms with Gasteiger partial charge in [-0.05, 0) is 38.3 Å². The maximum atomic E-state index is 11.2. The summed E-state index contributed by atoms with van der Waals surface area (Å²) in [5, 5.41) is 3.57. The summed E-state index contributed by atoms with van der Waals surface area (Å²) in [5.41, 5.74) is 7.28. The second kappa shape index (κ2) is 7.17. The fourth-order valence-corrected chi connectivity index (χ4v) is 2.25. The summed E-state index contributed by atoms with van der Waals surface area (Å²) in [6.07, 6.45) is 9.22. The fraction of sp³-hybridized carbons (Fsp3) is 0.533. The fourth-order valence-electron chi connectivity index (χ4n) is 2.25. The van der Waals surface area contributed by atoms with Crippen molar-refractivity contribution in [3.63, 3.8) is 0 Å². The Labute approximate surface area is 110 Å². The van der Waals surface area contributed by atoms with E-state index >= 15 is 0 Å². The molecule has 0 aromatic carbocycles. The van der Waals surface area contributed by atoms with Gasteiger partial charge in [-0.2, -0.15) is 0 Å². The Morgan fingerprint density at radius 3 is 2.56 bits per heavy atom. The van der Waals surface area contributed by atoms with Gasteiger partial charge < -0.3 is 11.1 Å². The summed E-state index contributed by atoms with van der Waals surface area (Å²) in [5.74, 6) is 0.395. The van der Waals surface area contributed by atoms with Crippen molar-refractivity contribution in [2.75, 3.05) is 0 Å². The van der Waals surface area contributed by atoms with Crippen LogP contribution in [0.5, 0.6) is 0 Å². The minimum atomic E-state index is 0.267. The maximum absolute atomic E-state index is 11.2. The number of Topliss-reactive ketones (excluding diaryl/α,β-unsaturated/α-hetero) is 1. The van der Waals surface area contributed by atoms with E-state index in [0.717, 1.165) is 12.8 Å². The number of carbonyl (C=O) groups excluding carboxylic acids is 1. The Bertz CT molecular complexity index is 359. The first kappa shape index (κ1) is 14.7. The third-order valence-corrected chi connectivity index (χ3v) is 3.35. The van der Waals surface area contributed by atoms with Crippen LogP contribution in [0.3, 0.4) is 0 Å². The smallest absolute Gasteiger partial charge is 0.133 e. The molecule has 0 saturated heterocycles. The Kier molecular flexibility index (Phi) is 5.86. The zero-order chi connectivity index (χ0) is 13.5. The molecule has 3 nitrogen and oxygen atoms in total. The number of ketones is 1. The molecule has 0 unspecified atom stereocenters. The molecule has 0 aromatic heterocycles. The van der Waals surface area contributed by atoms with Crippen molar-refractivity contribution in [3.05, 3.63) is 36.1 Å². The van der Waals surface area contributed by atoms with Gasteiger partial charge >= 0.3 is 0 Å². The molecule has 1 rings (SSSR count). The van der Waals surface area contributed by atoms with Gasteiger partial charge in [0.2, 0.25) is 0 Å². The van der Waals surface area contributed by atoms with Crippen LogP contribution in [0.1, 0.15) is 39.5 Å². The maximum Gasteiger partial charge on any atom is 0.133 e. The molecular weight excluding hydrogens is 224 g/mol. The summed E-state index contributed by atoms with van der Waals surface area (Å²) in [6, 6.07) is 0.714. The van der Waals surface area contributed by atoms with Crippen molar-refractivity contribution < 1.29 is 4.79 Å². The van der Waals surface area contributed by atoms with Crippen LogP contribution in [0.2, 0.25) is 0 Å². The predicted octanol–water partition coefficient (Wildman–Crippen LogP) is 2.45. The monoisotopic (exact) mass is 248 g/mol. The minimum absolute atomic E-state index is 0.267. The average Bonchev–Trinajstić information content (AvgIpc) is 2.32. The van der Waals surface area contributed by atoms with Crippen molar-refractivity contribution in [2.24, 2.45) is 5.73 Å². The van der Waals surface area contributed by atoms with E-state index in [-0.39, 0.29) is 6.04 Å². The van der Waals surface area contributed by atoms with Gasteiger partial charge in [-0.1, -0.05) is 18.7 Å². The van der Waals surface area contributed by atoms with E-state index < -0.39 is 0 Å². The summed E-state index contributed by atoms with van der Waals surface area (Å²) < 4.78 is 0. The molecule has 1 aliphatic rings. The normalized spacial score (nSPS) is 20.3. The van der Waals surface area contributed by atoms with E-state index in [9.17, 15) is 4.79 Å². The molecule has 18 heavy (non-hydrogen) atoms. The van der Waals surface area contributed by atoms with Crippen LogP contribution in [0.25, 0.3) is 0 Å². The second-order valence-electron chi connectivity index (χ2n) is 4.90. The van der Waals surface area contributed by atoms with Crippen LogP contribution < -0.4 is 11.1 Å². The van der Waals surface area contributed by atoms with Gasteiger partial charge in [0.05, 0.1) is 0 Å². The molecule has 0 aliphatic heterocycles. The molecule has 1 saturated carbocycles. The number of rotatable bonds is 5. The summed E-state index contributed by atoms with van der Waals surface area (Å²) in [6.45, 7) is 7.80. The van der Waals surface area contributed by atoms with E-state index in [0.29, 0.717) is 30.4 Å². The highest BCUT2D eigenvalue weighted by Gasteiger charge is 2.20. The standard InChI is InChI=1S/C15H24N2O/c1-4-13(6-5-11(2)16)12(3)17-14-7-9-15(18)10-8-14/h4-6,12,14,17H,2,7-10,16H2,1,3H3/b6-5-,13-4+/t12-/m0/s1. The molecule has 1 atom stereocenters. The van der Waals surface area contributed by atoms with Gasteiger partial charge in [0.15, 0.2) is 0 Å². The first-order valence-corrected chi connectivity index (χ1v) is 6.59. The summed E-state index contributed by atoms with van der Waals surface area (Å²) >= 11 is 0. The number of hydrogen-bond acceptors (Lipinski definition) is 3. The van der Waals surface area contributed by atoms with Crippen LogP contribution in [0.15, 0.2) is 36.1 Å². The Morgan fingerprint density at radius 2 is 2.06 bits per heavy atom. The Balaban J connectivity index is 2.50. The Hall–Kier alpha value is -1.35. The lowest BCUT2D eigenvalue weighted by molar-refractivity contribution is -0.120. The van der Waals surface area contributed by atoms with E-state index in [2.05, 4.69) is 24.9 Å². The van der Waals surface area contributed by atoms with Crippen molar-refractivity contribution in [2.45, 2.75) is 51.6 Å². The zero-order valence-corrected chi connectivity index (χ0v) is 11.4. The lowest BCUT2D eigenvalue weighted by Gasteiger charge is -2.26. The molecule has 3 N–H and O–H groups in total. The van der Waals surface area contributed by atoms with Gasteiger partial charge in [0.1, 0.15) is 5.78 Å². The molecule has 0 bridgehead atoms. The quantitative estimate of drug-likeness (QED) is 0.735. The van der Waals surface area contributed by atoms with Crippen LogP contribution in [0, 0.1) is 0 Å². The molecule has 0 amide bonds. The highest BCUT2D eigenvalue weighted by Crippen LogP contribution is 2.17. The van der Waals surface area contributed by atoms with E-state index in [1.165, 1.54) is 5.57 Å². The van der Waals surface area contributed by atoms with Crippen LogP contribution in [0.4, 0.5) is 0 Å². The number of hydrogen-bond donors (Lipinski definition) is 2. The highest BCUT2D eigenvalue weighted by atomic mass is 16.1. The molecule has 100 valence electrons. The Morgan fingerprint density at radius 1 is 1.44 bits per heavy atom. The zero-order valence-electron chi connectivity index (χ0n) is 11.4. The van der Waals surface area contributed by atoms with Crippen LogP contribution in [-0.2, 0) is 4.79 Å². The largest absolute Gasteiger partial charge is 0.399 e. The molecule has 0 spiro atoms. The van der Waals surface area contributed by atoms with E-state index in [1.807, 2.05) is 19.1 Å². The minimum Gasteiger partial charge on any atom is -0.399 e. The van der Waals surface area contributed by atoms with Crippen molar-refractivity contribution >= 4 is 5.78 Å². The van der Waals surface area contributed by atoms with Crippen molar-refractivity contribution in [1.82, 2.24) is 5.32 Å². The lowest BCUT2D eigenvalue weighted by Crippen LogP contribution is -2.39. The van der Waals surface area contributed by atoms with Gasteiger partial charge in [-0.25, -0.2) is 0 Å². The molecule has 0 radical (unpaired) electrons. The van der Waals surface area contributed by atoms with E-state index in [1.54, 1.807) is 0 Å². The molecule has 1 aliphatic carbocycles. The number of nitrogens with one attached hydrogen (secondary N) is 1. The molecule has 0 heterocycles. The van der Waals surface area contributed by atoms with Gasteiger partial charge in [0.25, 0.3) is 0 Å². The molecule has 3 heteroatoms. The predicted molar refractivity (Wildman–Crippen MR) is 76.1 cm³/mol. The van der Waals surface area contributed by atoms with Gasteiger partial charge in [-0.15, -0.1) is 0 Å². The molecule has 0 aromatic rings. The third-order valence-electron chi connectivity index (χ3n) is 3.35.